The van der Waals surface area contributed by atoms with Gasteiger partial charge in [0.15, 0.2) is 5.43 Å². The third-order valence-electron chi connectivity index (χ3n) is 5.51. The number of aromatic amines is 1. The Morgan fingerprint density at radius 1 is 1.16 bits per heavy atom. The van der Waals surface area contributed by atoms with Crippen LogP contribution in [0.2, 0.25) is 0 Å². The Bertz CT molecular complexity index is 1080. The van der Waals surface area contributed by atoms with Crippen LogP contribution in [-0.2, 0) is 11.3 Å². The maximum Gasteiger partial charge on any atom is 0.217 e. The number of aromatic nitrogens is 2. The maximum absolute atomic E-state index is 13.4. The summed E-state index contributed by atoms with van der Waals surface area (Å²) in [5.41, 5.74) is 1.49. The molecule has 32 heavy (non-hydrogen) atoms. The monoisotopic (exact) mass is 442 g/mol. The maximum atomic E-state index is 13.4. The second-order valence-corrected chi connectivity index (χ2v) is 7.56. The first-order chi connectivity index (χ1) is 15.6. The number of nitrogens with one attached hydrogen (secondary N) is 1. The van der Waals surface area contributed by atoms with Crippen molar-refractivity contribution in [2.24, 2.45) is 5.92 Å². The van der Waals surface area contributed by atoms with Gasteiger partial charge in [0.05, 0.1) is 12.3 Å². The molecule has 0 saturated carbocycles. The molecule has 4 rings (SSSR count). The van der Waals surface area contributed by atoms with Crippen molar-refractivity contribution in [2.75, 3.05) is 19.8 Å². The van der Waals surface area contributed by atoms with Crippen LogP contribution < -0.4 is 14.9 Å². The number of rotatable bonds is 7. The molecule has 6 nitrogen and oxygen atoms in total. The van der Waals surface area contributed by atoms with Gasteiger partial charge in [-0.1, -0.05) is 13.8 Å². The van der Waals surface area contributed by atoms with Crippen LogP contribution in [0.15, 0.2) is 41.3 Å². The Balaban J connectivity index is 0.00000141. The van der Waals surface area contributed by atoms with E-state index in [9.17, 15) is 9.18 Å². The molecule has 1 N–H and O–H groups in total. The number of benzene rings is 1. The molecule has 7 heteroatoms. The van der Waals surface area contributed by atoms with E-state index in [-0.39, 0.29) is 12.0 Å². The van der Waals surface area contributed by atoms with Crippen LogP contribution in [0.1, 0.15) is 44.4 Å². The topological polar surface area (TPSA) is 73.4 Å². The Labute approximate surface area is 187 Å². The Morgan fingerprint density at radius 2 is 1.94 bits per heavy atom. The van der Waals surface area contributed by atoms with Crippen molar-refractivity contribution in [3.05, 3.63) is 63.8 Å². The molecule has 172 valence electrons. The molecular formula is C25H31FN2O4. The molecular weight excluding hydrogens is 411 g/mol. The molecule has 1 fully saturated rings. The summed E-state index contributed by atoms with van der Waals surface area (Å²) in [6.45, 7) is 8.16. The molecule has 0 unspecified atom stereocenters. The first kappa shape index (κ1) is 23.7. The van der Waals surface area contributed by atoms with Crippen molar-refractivity contribution in [3.63, 3.8) is 0 Å². The average molecular weight is 443 g/mol. The van der Waals surface area contributed by atoms with Crippen molar-refractivity contribution < 1.29 is 18.6 Å². The molecule has 1 saturated heterocycles. The Hall–Kier alpha value is -2.93. The quantitative estimate of drug-likeness (QED) is 0.546. The van der Waals surface area contributed by atoms with E-state index in [1.807, 2.05) is 13.8 Å². The van der Waals surface area contributed by atoms with E-state index in [1.54, 1.807) is 31.3 Å². The molecule has 0 spiro atoms. The predicted octanol–water partition coefficient (Wildman–Crippen LogP) is 5.17. The normalized spacial score (nSPS) is 14.0. The zero-order valence-electron chi connectivity index (χ0n) is 18.9. The van der Waals surface area contributed by atoms with Gasteiger partial charge in [0.2, 0.25) is 5.88 Å². The molecule has 0 atom stereocenters. The molecule has 1 aliphatic heterocycles. The van der Waals surface area contributed by atoms with Gasteiger partial charge in [0.1, 0.15) is 18.2 Å². The Kier molecular flexibility index (Phi) is 8.62. The minimum Gasteiger partial charge on any atom is -0.493 e. The smallest absolute Gasteiger partial charge is 0.217 e. The first-order valence-electron chi connectivity index (χ1n) is 11.2. The number of fused-ring (bicyclic) bond motifs is 1. The number of nitrogens with zero attached hydrogens (tertiary/aromatic N) is 1. The lowest BCUT2D eigenvalue weighted by Crippen LogP contribution is -2.17. The van der Waals surface area contributed by atoms with Gasteiger partial charge >= 0.3 is 0 Å². The molecule has 3 aromatic rings. The van der Waals surface area contributed by atoms with E-state index >= 15 is 0 Å². The average Bonchev–Trinajstić information content (AvgIpc) is 2.83. The third kappa shape index (κ3) is 6.07. The van der Waals surface area contributed by atoms with Crippen molar-refractivity contribution in [1.82, 2.24) is 9.97 Å². The molecule has 0 aliphatic carbocycles. The fourth-order valence-corrected chi connectivity index (χ4v) is 3.64. The van der Waals surface area contributed by atoms with Gasteiger partial charge in [0.25, 0.3) is 0 Å². The van der Waals surface area contributed by atoms with Crippen LogP contribution in [0, 0.1) is 18.7 Å². The number of hydrogen-bond donors (Lipinski definition) is 1. The van der Waals surface area contributed by atoms with Gasteiger partial charge in [-0.15, -0.1) is 0 Å². The van der Waals surface area contributed by atoms with Crippen LogP contribution in [-0.4, -0.2) is 29.8 Å². The Morgan fingerprint density at radius 3 is 2.72 bits per heavy atom. The summed E-state index contributed by atoms with van der Waals surface area (Å²) in [6.07, 6.45) is 4.81. The van der Waals surface area contributed by atoms with E-state index in [0.717, 1.165) is 32.5 Å². The fourth-order valence-electron chi connectivity index (χ4n) is 3.64. The summed E-state index contributed by atoms with van der Waals surface area (Å²) in [5.74, 6) is 1.33. The molecule has 0 bridgehead atoms. The summed E-state index contributed by atoms with van der Waals surface area (Å²) in [4.78, 5) is 19.9. The second-order valence-electron chi connectivity index (χ2n) is 7.56. The fraction of sp³-hybridized carbons (Fsp3) is 0.440. The molecule has 3 heterocycles. The first-order valence-corrected chi connectivity index (χ1v) is 11.2. The van der Waals surface area contributed by atoms with Crippen LogP contribution in [0.3, 0.4) is 0 Å². The number of halogens is 1. The zero-order valence-corrected chi connectivity index (χ0v) is 18.9. The molecule has 1 aliphatic rings. The molecule has 1 aromatic carbocycles. The van der Waals surface area contributed by atoms with Crippen molar-refractivity contribution in [3.8, 4) is 11.6 Å². The number of ether oxygens (including phenoxy) is 3. The van der Waals surface area contributed by atoms with Crippen molar-refractivity contribution in [1.29, 1.82) is 0 Å². The lowest BCUT2D eigenvalue weighted by molar-refractivity contribution is 0.0593. The van der Waals surface area contributed by atoms with Crippen LogP contribution in [0.25, 0.3) is 10.9 Å². The number of hydrogen-bond acceptors (Lipinski definition) is 5. The third-order valence-corrected chi connectivity index (χ3v) is 5.51. The highest BCUT2D eigenvalue weighted by Gasteiger charge is 2.14. The predicted molar refractivity (Wildman–Crippen MR) is 123 cm³/mol. The molecule has 0 amide bonds. The summed E-state index contributed by atoms with van der Waals surface area (Å²) >= 11 is 0. The van der Waals surface area contributed by atoms with Crippen LogP contribution >= 0.6 is 0 Å². The summed E-state index contributed by atoms with van der Waals surface area (Å²) < 4.78 is 30.5. The van der Waals surface area contributed by atoms with Gasteiger partial charge in [-0.25, -0.2) is 9.37 Å². The minimum atomic E-state index is -0.436. The highest BCUT2D eigenvalue weighted by molar-refractivity contribution is 5.79. The van der Waals surface area contributed by atoms with E-state index in [0.29, 0.717) is 46.3 Å². The molecule has 0 radical (unpaired) electrons. The van der Waals surface area contributed by atoms with E-state index < -0.39 is 5.82 Å². The SMILES string of the molecule is CC.Cc1c(COc2cc(OCCC3CCOCC3)ccn2)[nH]c2ccc(F)cc2c1=O. The number of pyridine rings is 2. The van der Waals surface area contributed by atoms with Gasteiger partial charge in [0, 0.05) is 41.9 Å². The standard InChI is InChI=1S/C23H25FN2O4.C2H6/c1-15-21(26-20-3-2-17(24)12-19(20)23(15)27)14-30-22-13-18(4-8-25-22)29-11-7-16-5-9-28-10-6-16;1-2/h2-4,8,12-13,16H,5-7,9-11,14H2,1H3,(H,26,27);1-2H3. The molecule has 2 aromatic heterocycles. The van der Waals surface area contributed by atoms with E-state index in [4.69, 9.17) is 14.2 Å². The minimum absolute atomic E-state index is 0.146. The van der Waals surface area contributed by atoms with Crippen LogP contribution in [0.4, 0.5) is 4.39 Å². The summed E-state index contributed by atoms with van der Waals surface area (Å²) in [5, 5.41) is 0.328. The largest absolute Gasteiger partial charge is 0.493 e. The zero-order chi connectivity index (χ0) is 22.9. The highest BCUT2D eigenvalue weighted by atomic mass is 19.1. The van der Waals surface area contributed by atoms with Gasteiger partial charge in [-0.3, -0.25) is 4.79 Å². The second kappa shape index (κ2) is 11.6. The lowest BCUT2D eigenvalue weighted by atomic mass is 9.97. The van der Waals surface area contributed by atoms with Crippen molar-refractivity contribution >= 4 is 10.9 Å². The summed E-state index contributed by atoms with van der Waals surface area (Å²) in [7, 11) is 0. The summed E-state index contributed by atoms with van der Waals surface area (Å²) in [6, 6.07) is 7.66. The van der Waals surface area contributed by atoms with E-state index in [1.165, 1.54) is 12.1 Å². The van der Waals surface area contributed by atoms with Crippen LogP contribution in [0.5, 0.6) is 11.6 Å². The van der Waals surface area contributed by atoms with Gasteiger partial charge < -0.3 is 19.2 Å². The van der Waals surface area contributed by atoms with Gasteiger partial charge in [-0.2, -0.15) is 0 Å². The van der Waals surface area contributed by atoms with Crippen molar-refractivity contribution in [2.45, 2.75) is 46.6 Å². The number of H-pyrrole nitrogens is 1. The van der Waals surface area contributed by atoms with E-state index in [2.05, 4.69) is 9.97 Å². The highest BCUT2D eigenvalue weighted by Crippen LogP contribution is 2.21. The lowest BCUT2D eigenvalue weighted by Gasteiger charge is -2.21. The van der Waals surface area contributed by atoms with Gasteiger partial charge in [-0.05, 0) is 56.4 Å².